The highest BCUT2D eigenvalue weighted by atomic mass is 19.1. The molecule has 1 amide bonds. The maximum Gasteiger partial charge on any atom is 0.253 e. The molecule has 2 aliphatic rings. The lowest BCUT2D eigenvalue weighted by atomic mass is 9.93. The predicted octanol–water partition coefficient (Wildman–Crippen LogP) is 2.04. The van der Waals surface area contributed by atoms with Gasteiger partial charge in [0.1, 0.15) is 5.82 Å². The molecule has 0 aromatic heterocycles. The summed E-state index contributed by atoms with van der Waals surface area (Å²) < 4.78 is 14.0. The molecule has 4 nitrogen and oxygen atoms in total. The van der Waals surface area contributed by atoms with Crippen LogP contribution in [0.15, 0.2) is 18.2 Å². The van der Waals surface area contributed by atoms with Gasteiger partial charge in [0.05, 0.1) is 11.3 Å². The fraction of sp³-hybridized carbons (Fsp3) is 0.562. The van der Waals surface area contributed by atoms with Gasteiger partial charge in [0, 0.05) is 18.6 Å². The Labute approximate surface area is 124 Å². The van der Waals surface area contributed by atoms with Gasteiger partial charge in [-0.15, -0.1) is 0 Å². The molecule has 0 spiro atoms. The normalized spacial score (nSPS) is 26.0. The van der Waals surface area contributed by atoms with Crippen LogP contribution >= 0.6 is 0 Å². The molecule has 0 radical (unpaired) electrons. The van der Waals surface area contributed by atoms with Gasteiger partial charge in [-0.2, -0.15) is 0 Å². The zero-order chi connectivity index (χ0) is 14.8. The Hall–Kier alpha value is -1.62. The van der Waals surface area contributed by atoms with Crippen molar-refractivity contribution in [1.82, 2.24) is 5.32 Å². The van der Waals surface area contributed by atoms with Crippen molar-refractivity contribution in [3.8, 4) is 0 Å². The number of halogens is 1. The first-order chi connectivity index (χ1) is 10.2. The Morgan fingerprint density at radius 2 is 2.14 bits per heavy atom. The summed E-state index contributed by atoms with van der Waals surface area (Å²) >= 11 is 0. The number of carbonyl (C=O) groups is 1. The highest BCUT2D eigenvalue weighted by Gasteiger charge is 2.33. The van der Waals surface area contributed by atoms with E-state index < -0.39 is 11.7 Å². The van der Waals surface area contributed by atoms with Gasteiger partial charge >= 0.3 is 0 Å². The van der Waals surface area contributed by atoms with Crippen molar-refractivity contribution < 1.29 is 9.18 Å². The summed E-state index contributed by atoms with van der Waals surface area (Å²) in [6.45, 7) is 1.90. The molecule has 3 N–H and O–H groups in total. The van der Waals surface area contributed by atoms with Crippen LogP contribution in [-0.2, 0) is 0 Å². The second kappa shape index (κ2) is 6.02. The number of hydrogen-bond donors (Lipinski definition) is 2. The number of nitrogens with zero attached hydrogens (tertiary/aromatic N) is 1. The zero-order valence-electron chi connectivity index (χ0n) is 12.1. The van der Waals surface area contributed by atoms with Gasteiger partial charge < -0.3 is 16.0 Å². The number of piperidine rings is 1. The second-order valence-electron chi connectivity index (χ2n) is 5.96. The first kappa shape index (κ1) is 14.3. The molecule has 0 saturated carbocycles. The molecule has 114 valence electrons. The third-order valence-corrected chi connectivity index (χ3v) is 4.66. The van der Waals surface area contributed by atoms with Gasteiger partial charge in [0.15, 0.2) is 0 Å². The van der Waals surface area contributed by atoms with Gasteiger partial charge in [0.25, 0.3) is 5.91 Å². The summed E-state index contributed by atoms with van der Waals surface area (Å²) in [7, 11) is 0. The Morgan fingerprint density at radius 1 is 1.29 bits per heavy atom. The molecule has 2 atom stereocenters. The number of nitrogens with two attached hydrogens (primary N) is 1. The van der Waals surface area contributed by atoms with Crippen LogP contribution in [0.4, 0.5) is 10.1 Å². The Balaban J connectivity index is 1.96. The van der Waals surface area contributed by atoms with E-state index in [0.717, 1.165) is 32.4 Å². The fourth-order valence-electron chi connectivity index (χ4n) is 3.71. The molecule has 21 heavy (non-hydrogen) atoms. The lowest BCUT2D eigenvalue weighted by Crippen LogP contribution is -2.51. The second-order valence-corrected chi connectivity index (χ2v) is 5.96. The minimum absolute atomic E-state index is 0.0300. The van der Waals surface area contributed by atoms with E-state index in [1.165, 1.54) is 18.9 Å². The number of amides is 1. The summed E-state index contributed by atoms with van der Waals surface area (Å²) in [5.41, 5.74) is 6.08. The van der Waals surface area contributed by atoms with Gasteiger partial charge in [-0.05, 0) is 50.8 Å². The lowest BCUT2D eigenvalue weighted by Gasteiger charge is -2.41. The quantitative estimate of drug-likeness (QED) is 0.896. The topological polar surface area (TPSA) is 58.4 Å². The number of carbonyl (C=O) groups excluding carboxylic acids is 1. The Bertz CT molecular complexity index is 528. The number of nitrogens with one attached hydrogen (secondary N) is 1. The van der Waals surface area contributed by atoms with Crippen molar-refractivity contribution in [1.29, 1.82) is 0 Å². The summed E-state index contributed by atoms with van der Waals surface area (Å²) in [5.74, 6) is -1.21. The molecule has 2 heterocycles. The first-order valence-electron chi connectivity index (χ1n) is 7.77. The minimum atomic E-state index is -0.688. The average Bonchev–Trinajstić information content (AvgIpc) is 3.00. The number of benzene rings is 1. The van der Waals surface area contributed by atoms with Crippen molar-refractivity contribution in [2.75, 3.05) is 18.0 Å². The summed E-state index contributed by atoms with van der Waals surface area (Å²) in [6, 6.07) is 5.52. The smallest absolute Gasteiger partial charge is 0.253 e. The molecule has 2 saturated heterocycles. The highest BCUT2D eigenvalue weighted by Crippen LogP contribution is 2.32. The van der Waals surface area contributed by atoms with Crippen LogP contribution in [0, 0.1) is 5.82 Å². The first-order valence-corrected chi connectivity index (χ1v) is 7.77. The van der Waals surface area contributed by atoms with Crippen LogP contribution in [0.2, 0.25) is 0 Å². The molecule has 3 rings (SSSR count). The maximum atomic E-state index is 14.0. The predicted molar refractivity (Wildman–Crippen MR) is 80.9 cm³/mol. The molecular weight excluding hydrogens is 269 g/mol. The summed E-state index contributed by atoms with van der Waals surface area (Å²) in [6.07, 6.45) is 5.65. The summed E-state index contributed by atoms with van der Waals surface area (Å²) in [4.78, 5) is 13.8. The third-order valence-electron chi connectivity index (χ3n) is 4.66. The third kappa shape index (κ3) is 2.75. The number of rotatable bonds is 3. The van der Waals surface area contributed by atoms with E-state index in [-0.39, 0.29) is 5.56 Å². The average molecular weight is 291 g/mol. The molecule has 0 bridgehead atoms. The van der Waals surface area contributed by atoms with E-state index >= 15 is 0 Å². The van der Waals surface area contributed by atoms with Crippen LogP contribution in [0.1, 0.15) is 42.5 Å². The lowest BCUT2D eigenvalue weighted by molar-refractivity contribution is 0.0996. The van der Waals surface area contributed by atoms with E-state index in [0.29, 0.717) is 17.8 Å². The minimum Gasteiger partial charge on any atom is -0.366 e. The Kier molecular flexibility index (Phi) is 4.10. The fourth-order valence-corrected chi connectivity index (χ4v) is 3.71. The molecule has 5 heteroatoms. The zero-order valence-corrected chi connectivity index (χ0v) is 12.1. The number of anilines is 1. The number of hydrogen-bond acceptors (Lipinski definition) is 3. The standard InChI is InChI=1S/C16H22FN3O/c17-11-5-3-8-14(15(11)16(18)21)20-10-2-1-7-13(20)12-6-4-9-19-12/h3,5,8,12-13,19H,1-2,4,6-7,9-10H2,(H2,18,21). The molecule has 0 aliphatic carbocycles. The van der Waals surface area contributed by atoms with Crippen LogP contribution in [0.5, 0.6) is 0 Å². The van der Waals surface area contributed by atoms with Crippen molar-refractivity contribution in [3.05, 3.63) is 29.6 Å². The Morgan fingerprint density at radius 3 is 2.86 bits per heavy atom. The van der Waals surface area contributed by atoms with E-state index in [1.54, 1.807) is 6.07 Å². The van der Waals surface area contributed by atoms with E-state index in [9.17, 15) is 9.18 Å². The van der Waals surface area contributed by atoms with E-state index in [2.05, 4.69) is 10.2 Å². The number of primary amides is 1. The summed E-state index contributed by atoms with van der Waals surface area (Å²) in [5, 5.41) is 3.54. The maximum absolute atomic E-state index is 14.0. The molecule has 2 aliphatic heterocycles. The molecule has 1 aromatic rings. The van der Waals surface area contributed by atoms with Crippen molar-refractivity contribution in [3.63, 3.8) is 0 Å². The van der Waals surface area contributed by atoms with Crippen LogP contribution in [0.25, 0.3) is 0 Å². The van der Waals surface area contributed by atoms with Gasteiger partial charge in [-0.3, -0.25) is 4.79 Å². The van der Waals surface area contributed by atoms with Gasteiger partial charge in [-0.1, -0.05) is 6.07 Å². The monoisotopic (exact) mass is 291 g/mol. The van der Waals surface area contributed by atoms with Crippen LogP contribution in [-0.4, -0.2) is 31.1 Å². The molecule has 2 fully saturated rings. The van der Waals surface area contributed by atoms with Gasteiger partial charge in [0.2, 0.25) is 0 Å². The molecule has 1 aromatic carbocycles. The van der Waals surface area contributed by atoms with Crippen molar-refractivity contribution in [2.24, 2.45) is 5.73 Å². The molecule has 2 unspecified atom stereocenters. The van der Waals surface area contributed by atoms with Crippen LogP contribution < -0.4 is 16.0 Å². The van der Waals surface area contributed by atoms with Crippen molar-refractivity contribution >= 4 is 11.6 Å². The largest absolute Gasteiger partial charge is 0.366 e. The van der Waals surface area contributed by atoms with Gasteiger partial charge in [-0.25, -0.2) is 4.39 Å². The van der Waals surface area contributed by atoms with Crippen molar-refractivity contribution in [2.45, 2.75) is 44.2 Å². The highest BCUT2D eigenvalue weighted by molar-refractivity contribution is 5.99. The SMILES string of the molecule is NC(=O)c1c(F)cccc1N1CCCCC1C1CCCN1. The molecular formula is C16H22FN3O. The van der Waals surface area contributed by atoms with Crippen LogP contribution in [0.3, 0.4) is 0 Å². The van der Waals surface area contributed by atoms with E-state index in [4.69, 9.17) is 5.73 Å². The van der Waals surface area contributed by atoms with E-state index in [1.807, 2.05) is 6.07 Å².